The highest BCUT2D eigenvalue weighted by Gasteiger charge is 2.35. The fraction of sp³-hybridized carbons (Fsp3) is 0.562. The van der Waals surface area contributed by atoms with E-state index in [1.807, 2.05) is 0 Å². The third kappa shape index (κ3) is 2.97. The van der Waals surface area contributed by atoms with E-state index in [9.17, 15) is 4.79 Å². The van der Waals surface area contributed by atoms with Gasteiger partial charge in [0.15, 0.2) is 11.5 Å². The molecule has 2 fully saturated rings. The topological polar surface area (TPSA) is 56.8 Å². The van der Waals surface area contributed by atoms with E-state index in [-0.39, 0.29) is 12.1 Å². The summed E-state index contributed by atoms with van der Waals surface area (Å²) >= 11 is 0. The fourth-order valence-electron chi connectivity index (χ4n) is 3.28. The molecule has 2 saturated heterocycles. The van der Waals surface area contributed by atoms with Gasteiger partial charge in [-0.3, -0.25) is 0 Å². The molecule has 0 unspecified atom stereocenters. The Kier molecular flexibility index (Phi) is 4.01. The second kappa shape index (κ2) is 5.93. The summed E-state index contributed by atoms with van der Waals surface area (Å²) in [6.07, 6.45) is 4.22. The molecule has 1 aromatic rings. The summed E-state index contributed by atoms with van der Waals surface area (Å²) in [5.74, 6) is 0.855. The first kappa shape index (κ1) is 14.2. The lowest BCUT2D eigenvalue weighted by Gasteiger charge is -2.28. The number of esters is 1. The summed E-state index contributed by atoms with van der Waals surface area (Å²) in [6.45, 7) is 0. The first-order valence-corrected chi connectivity index (χ1v) is 7.38. The average Bonchev–Trinajstić information content (AvgIpc) is 2.85. The molecule has 0 aliphatic carbocycles. The third-order valence-electron chi connectivity index (χ3n) is 4.32. The van der Waals surface area contributed by atoms with Gasteiger partial charge in [-0.05, 0) is 43.9 Å². The molecule has 0 radical (unpaired) electrons. The van der Waals surface area contributed by atoms with E-state index in [1.54, 1.807) is 32.4 Å². The molecular weight excluding hydrogens is 270 g/mol. The number of carbonyl (C=O) groups is 1. The predicted molar refractivity (Wildman–Crippen MR) is 77.9 cm³/mol. The number of hydrogen-bond acceptors (Lipinski definition) is 5. The minimum atomic E-state index is -0.290. The maximum Gasteiger partial charge on any atom is 0.338 e. The van der Waals surface area contributed by atoms with Crippen LogP contribution in [0.4, 0.5) is 0 Å². The van der Waals surface area contributed by atoms with Gasteiger partial charge in [-0.1, -0.05) is 0 Å². The number of carbonyl (C=O) groups excluding carboxylic acids is 1. The number of ether oxygens (including phenoxy) is 3. The molecule has 0 amide bonds. The molecule has 2 bridgehead atoms. The Labute approximate surface area is 124 Å². The maximum absolute atomic E-state index is 12.3. The second-order valence-corrected chi connectivity index (χ2v) is 5.71. The molecule has 2 aliphatic rings. The van der Waals surface area contributed by atoms with Crippen LogP contribution in [-0.2, 0) is 4.74 Å². The van der Waals surface area contributed by atoms with E-state index in [0.717, 1.165) is 12.8 Å². The number of methoxy groups -OCH3 is 2. The Morgan fingerprint density at radius 2 is 1.76 bits per heavy atom. The highest BCUT2D eigenvalue weighted by atomic mass is 16.5. The molecule has 5 nitrogen and oxygen atoms in total. The molecule has 0 aromatic heterocycles. The predicted octanol–water partition coefficient (Wildman–Crippen LogP) is 2.14. The van der Waals surface area contributed by atoms with Crippen LogP contribution in [0.15, 0.2) is 18.2 Å². The van der Waals surface area contributed by atoms with Crippen LogP contribution >= 0.6 is 0 Å². The highest BCUT2D eigenvalue weighted by Crippen LogP contribution is 2.31. The van der Waals surface area contributed by atoms with Gasteiger partial charge in [-0.2, -0.15) is 0 Å². The number of hydrogen-bond donors (Lipinski definition) is 1. The van der Waals surface area contributed by atoms with Crippen LogP contribution < -0.4 is 14.8 Å². The highest BCUT2D eigenvalue weighted by molar-refractivity contribution is 5.90. The van der Waals surface area contributed by atoms with Gasteiger partial charge in [0, 0.05) is 12.1 Å². The molecule has 21 heavy (non-hydrogen) atoms. The van der Waals surface area contributed by atoms with Crippen LogP contribution in [0.1, 0.15) is 36.0 Å². The van der Waals surface area contributed by atoms with Crippen molar-refractivity contribution in [1.29, 1.82) is 0 Å². The van der Waals surface area contributed by atoms with Crippen LogP contribution in [0, 0.1) is 0 Å². The van der Waals surface area contributed by atoms with Crippen molar-refractivity contribution in [3.05, 3.63) is 23.8 Å². The van der Waals surface area contributed by atoms with E-state index in [1.165, 1.54) is 12.8 Å². The zero-order valence-corrected chi connectivity index (χ0v) is 12.4. The van der Waals surface area contributed by atoms with Gasteiger partial charge in [0.1, 0.15) is 6.10 Å². The smallest absolute Gasteiger partial charge is 0.338 e. The van der Waals surface area contributed by atoms with E-state index in [0.29, 0.717) is 29.1 Å². The Bertz CT molecular complexity index is 519. The van der Waals surface area contributed by atoms with Gasteiger partial charge < -0.3 is 19.5 Å². The lowest BCUT2D eigenvalue weighted by molar-refractivity contribution is 0.0177. The molecule has 114 valence electrons. The zero-order valence-electron chi connectivity index (χ0n) is 12.4. The largest absolute Gasteiger partial charge is 0.493 e. The van der Waals surface area contributed by atoms with Crippen LogP contribution in [-0.4, -0.2) is 38.4 Å². The van der Waals surface area contributed by atoms with E-state index >= 15 is 0 Å². The number of benzene rings is 1. The van der Waals surface area contributed by atoms with Crippen molar-refractivity contribution < 1.29 is 19.0 Å². The second-order valence-electron chi connectivity index (χ2n) is 5.71. The summed E-state index contributed by atoms with van der Waals surface area (Å²) in [5, 5.41) is 3.54. The Morgan fingerprint density at radius 3 is 2.38 bits per heavy atom. The standard InChI is InChI=1S/C16H21NO4/c1-19-14-6-3-10(7-15(14)20-2)16(18)21-13-8-11-4-5-12(9-13)17-11/h3,6-7,11-13,17H,4-5,8-9H2,1-2H3/t11-,12-/m1/s1. The van der Waals surface area contributed by atoms with Gasteiger partial charge >= 0.3 is 5.97 Å². The van der Waals surface area contributed by atoms with Crippen LogP contribution in [0.25, 0.3) is 0 Å². The van der Waals surface area contributed by atoms with Crippen molar-refractivity contribution in [3.63, 3.8) is 0 Å². The van der Waals surface area contributed by atoms with E-state index < -0.39 is 0 Å². The first-order valence-electron chi connectivity index (χ1n) is 7.38. The molecule has 2 atom stereocenters. The van der Waals surface area contributed by atoms with Crippen LogP contribution in [0.3, 0.4) is 0 Å². The number of fused-ring (bicyclic) bond motifs is 2. The van der Waals surface area contributed by atoms with Gasteiger partial charge in [-0.25, -0.2) is 4.79 Å². The van der Waals surface area contributed by atoms with Crippen molar-refractivity contribution in [2.75, 3.05) is 14.2 Å². The monoisotopic (exact) mass is 291 g/mol. The lowest BCUT2D eigenvalue weighted by atomic mass is 10.0. The Balaban J connectivity index is 1.67. The molecule has 3 rings (SSSR count). The Morgan fingerprint density at radius 1 is 1.10 bits per heavy atom. The molecule has 0 spiro atoms. The van der Waals surface area contributed by atoms with Crippen molar-refractivity contribution in [1.82, 2.24) is 5.32 Å². The minimum Gasteiger partial charge on any atom is -0.493 e. The van der Waals surface area contributed by atoms with Gasteiger partial charge in [0.25, 0.3) is 0 Å². The Hall–Kier alpha value is -1.75. The number of rotatable bonds is 4. The molecule has 5 heteroatoms. The number of nitrogens with one attached hydrogen (secondary N) is 1. The molecule has 1 N–H and O–H groups in total. The molecule has 2 aliphatic heterocycles. The zero-order chi connectivity index (χ0) is 14.8. The summed E-state index contributed by atoms with van der Waals surface area (Å²) in [5.41, 5.74) is 0.499. The summed E-state index contributed by atoms with van der Waals surface area (Å²) in [7, 11) is 3.12. The van der Waals surface area contributed by atoms with Gasteiger partial charge in [-0.15, -0.1) is 0 Å². The third-order valence-corrected chi connectivity index (χ3v) is 4.32. The molecule has 1 aromatic carbocycles. The molecule has 2 heterocycles. The summed E-state index contributed by atoms with van der Waals surface area (Å²) < 4.78 is 16.0. The average molecular weight is 291 g/mol. The number of piperidine rings is 1. The van der Waals surface area contributed by atoms with Crippen molar-refractivity contribution >= 4 is 5.97 Å². The van der Waals surface area contributed by atoms with Crippen molar-refractivity contribution in [2.45, 2.75) is 43.9 Å². The quantitative estimate of drug-likeness (QED) is 0.861. The van der Waals surface area contributed by atoms with E-state index in [2.05, 4.69) is 5.32 Å². The van der Waals surface area contributed by atoms with Gasteiger partial charge in [0.2, 0.25) is 0 Å². The minimum absolute atomic E-state index is 0.0179. The van der Waals surface area contributed by atoms with Crippen molar-refractivity contribution in [3.8, 4) is 11.5 Å². The van der Waals surface area contributed by atoms with Gasteiger partial charge in [0.05, 0.1) is 19.8 Å². The van der Waals surface area contributed by atoms with Crippen LogP contribution in [0.2, 0.25) is 0 Å². The normalized spacial score (nSPS) is 27.2. The molecular formula is C16H21NO4. The summed E-state index contributed by atoms with van der Waals surface area (Å²) in [4.78, 5) is 12.3. The molecule has 0 saturated carbocycles. The lowest BCUT2D eigenvalue weighted by Crippen LogP contribution is -2.42. The SMILES string of the molecule is COc1ccc(C(=O)OC2C[C@H]3CC[C@H](C2)N3)cc1OC. The van der Waals surface area contributed by atoms with E-state index in [4.69, 9.17) is 14.2 Å². The van der Waals surface area contributed by atoms with Crippen molar-refractivity contribution in [2.24, 2.45) is 0 Å². The summed E-state index contributed by atoms with van der Waals surface area (Å²) in [6, 6.07) is 6.11. The maximum atomic E-state index is 12.3. The first-order chi connectivity index (χ1) is 10.2. The van der Waals surface area contributed by atoms with Crippen LogP contribution in [0.5, 0.6) is 11.5 Å². The fourth-order valence-corrected chi connectivity index (χ4v) is 3.28.